The van der Waals surface area contributed by atoms with E-state index in [0.717, 1.165) is 12.8 Å². The second kappa shape index (κ2) is 13.1. The molecule has 1 atom stereocenters. The highest BCUT2D eigenvalue weighted by molar-refractivity contribution is 5.83. The highest BCUT2D eigenvalue weighted by Crippen LogP contribution is 2.45. The molecular weight excluding hydrogens is 482 g/mol. The van der Waals surface area contributed by atoms with Crippen LogP contribution < -0.4 is 0 Å². The monoisotopic (exact) mass is 525 g/mol. The fourth-order valence-electron chi connectivity index (χ4n) is 6.57. The summed E-state index contributed by atoms with van der Waals surface area (Å²) >= 11 is 0. The van der Waals surface area contributed by atoms with Crippen molar-refractivity contribution in [2.45, 2.75) is 64.2 Å². The number of nitrogens with zero attached hydrogens (tertiary/aromatic N) is 1. The molecule has 4 aromatic rings. The number of benzene rings is 4. The first-order valence-corrected chi connectivity index (χ1v) is 15.0. The maximum atomic E-state index is 4.06. The summed E-state index contributed by atoms with van der Waals surface area (Å²) < 4.78 is 0. The van der Waals surface area contributed by atoms with E-state index in [9.17, 15) is 0 Å². The van der Waals surface area contributed by atoms with Gasteiger partial charge >= 0.3 is 0 Å². The van der Waals surface area contributed by atoms with Gasteiger partial charge in [0.25, 0.3) is 0 Å². The van der Waals surface area contributed by atoms with Gasteiger partial charge < -0.3 is 0 Å². The van der Waals surface area contributed by atoms with E-state index in [0.29, 0.717) is 5.92 Å². The van der Waals surface area contributed by atoms with Crippen LogP contribution in [-0.2, 0) is 11.8 Å². The summed E-state index contributed by atoms with van der Waals surface area (Å²) in [7, 11) is 1.81. The van der Waals surface area contributed by atoms with Crippen LogP contribution in [0.1, 0.15) is 80.2 Å². The van der Waals surface area contributed by atoms with Crippen LogP contribution in [0.2, 0.25) is 0 Å². The SMILES string of the molecule is C/C=C(\CC(C)/C=C\C=NC)c1ccc(C2(c3ccc(Cc4ccc5ccccc5c4)cc3)CCCCC2)cc1. The number of hydrogen-bond donors (Lipinski definition) is 0. The molecule has 4 aromatic carbocycles. The van der Waals surface area contributed by atoms with Gasteiger partial charge in [-0.3, -0.25) is 4.99 Å². The summed E-state index contributed by atoms with van der Waals surface area (Å²) in [4.78, 5) is 4.06. The fraction of sp³-hybridized carbons (Fsp3) is 0.308. The first kappa shape index (κ1) is 27.8. The summed E-state index contributed by atoms with van der Waals surface area (Å²) in [6.07, 6.45) is 16.8. The molecule has 0 heterocycles. The second-order valence-electron chi connectivity index (χ2n) is 11.6. The molecule has 0 spiro atoms. The third kappa shape index (κ3) is 6.36. The Balaban J connectivity index is 1.36. The summed E-state index contributed by atoms with van der Waals surface area (Å²) in [5, 5.41) is 2.63. The third-order valence-corrected chi connectivity index (χ3v) is 8.81. The first-order valence-electron chi connectivity index (χ1n) is 15.0. The highest BCUT2D eigenvalue weighted by atomic mass is 14.6. The molecule has 0 aliphatic heterocycles. The van der Waals surface area contributed by atoms with Crippen molar-refractivity contribution < 1.29 is 0 Å². The Kier molecular flexibility index (Phi) is 9.12. The topological polar surface area (TPSA) is 12.4 Å². The molecule has 1 heteroatoms. The van der Waals surface area contributed by atoms with Gasteiger partial charge in [0, 0.05) is 18.7 Å². The Hall–Kier alpha value is -3.71. The van der Waals surface area contributed by atoms with E-state index in [2.05, 4.69) is 128 Å². The molecule has 0 amide bonds. The Labute approximate surface area is 241 Å². The van der Waals surface area contributed by atoms with Crippen LogP contribution in [0.25, 0.3) is 16.3 Å². The van der Waals surface area contributed by atoms with Gasteiger partial charge in [-0.2, -0.15) is 0 Å². The fourth-order valence-corrected chi connectivity index (χ4v) is 6.57. The minimum atomic E-state index is 0.115. The molecule has 0 bridgehead atoms. The van der Waals surface area contributed by atoms with Gasteiger partial charge in [-0.15, -0.1) is 0 Å². The molecule has 1 fully saturated rings. The quantitative estimate of drug-likeness (QED) is 0.193. The molecule has 0 saturated heterocycles. The molecule has 40 heavy (non-hydrogen) atoms. The average Bonchev–Trinajstić information content (AvgIpc) is 3.01. The molecule has 0 radical (unpaired) electrons. The Morgan fingerprint density at radius 1 is 0.800 bits per heavy atom. The van der Waals surface area contributed by atoms with Crippen LogP contribution in [0.4, 0.5) is 0 Å². The van der Waals surface area contributed by atoms with Crippen molar-refractivity contribution in [1.29, 1.82) is 0 Å². The second-order valence-corrected chi connectivity index (χ2v) is 11.6. The van der Waals surface area contributed by atoms with E-state index in [1.165, 1.54) is 76.3 Å². The predicted octanol–water partition coefficient (Wildman–Crippen LogP) is 10.4. The van der Waals surface area contributed by atoms with E-state index < -0.39 is 0 Å². The Bertz CT molecular complexity index is 1480. The minimum absolute atomic E-state index is 0.115. The largest absolute Gasteiger partial charge is 0.297 e. The van der Waals surface area contributed by atoms with Crippen LogP contribution in [0.15, 0.2) is 114 Å². The summed E-state index contributed by atoms with van der Waals surface area (Å²) in [5.41, 5.74) is 8.57. The number of fused-ring (bicyclic) bond motifs is 1. The number of hydrogen-bond acceptors (Lipinski definition) is 1. The van der Waals surface area contributed by atoms with Crippen molar-refractivity contribution in [3.63, 3.8) is 0 Å². The zero-order valence-electron chi connectivity index (χ0n) is 24.4. The lowest BCUT2D eigenvalue weighted by molar-refractivity contribution is 0.346. The van der Waals surface area contributed by atoms with Gasteiger partial charge in [0.15, 0.2) is 0 Å². The summed E-state index contributed by atoms with van der Waals surface area (Å²) in [5.74, 6) is 0.474. The number of rotatable bonds is 9. The number of aliphatic imine (C=N–C) groups is 1. The van der Waals surface area contributed by atoms with Gasteiger partial charge in [0.2, 0.25) is 0 Å². The minimum Gasteiger partial charge on any atom is -0.297 e. The van der Waals surface area contributed by atoms with Crippen molar-refractivity contribution in [1.82, 2.24) is 0 Å². The van der Waals surface area contributed by atoms with Crippen LogP contribution in [-0.4, -0.2) is 13.3 Å². The molecule has 1 aliphatic rings. The molecule has 0 aromatic heterocycles. The normalized spacial score (nSPS) is 16.6. The summed E-state index contributed by atoms with van der Waals surface area (Å²) in [6, 6.07) is 34.6. The van der Waals surface area contributed by atoms with Crippen LogP contribution in [0.5, 0.6) is 0 Å². The standard InChI is InChI=1S/C39H43N/c1-4-33(27-30(2)11-10-26-40-3)35-18-22-38(23-19-35)39(24-8-5-9-25-39)37-20-15-31(16-21-37)28-32-14-17-34-12-6-7-13-36(34)29-32/h4,6-7,10-23,26,29-30H,5,8-9,24-25,27-28H2,1-3H3/b11-10-,33-4+,40-26?. The van der Waals surface area contributed by atoms with E-state index >= 15 is 0 Å². The molecule has 1 saturated carbocycles. The molecule has 0 N–H and O–H groups in total. The average molecular weight is 526 g/mol. The molecule has 5 rings (SSSR count). The third-order valence-electron chi connectivity index (χ3n) is 8.81. The van der Waals surface area contributed by atoms with Crippen LogP contribution in [0.3, 0.4) is 0 Å². The van der Waals surface area contributed by atoms with Gasteiger partial charge in [-0.25, -0.2) is 0 Å². The van der Waals surface area contributed by atoms with E-state index in [4.69, 9.17) is 0 Å². The van der Waals surface area contributed by atoms with E-state index in [1.54, 1.807) is 0 Å². The lowest BCUT2D eigenvalue weighted by atomic mass is 9.65. The zero-order chi connectivity index (χ0) is 27.8. The Morgan fingerprint density at radius 2 is 1.45 bits per heavy atom. The maximum Gasteiger partial charge on any atom is 0.0277 e. The molecule has 1 nitrogen and oxygen atoms in total. The smallest absolute Gasteiger partial charge is 0.0277 e. The Morgan fingerprint density at radius 3 is 2.12 bits per heavy atom. The highest BCUT2D eigenvalue weighted by Gasteiger charge is 2.35. The molecule has 1 unspecified atom stereocenters. The van der Waals surface area contributed by atoms with Gasteiger partial charge in [0.05, 0.1) is 0 Å². The molecule has 204 valence electrons. The lowest BCUT2D eigenvalue weighted by Gasteiger charge is -2.39. The van der Waals surface area contributed by atoms with Crippen molar-refractivity contribution in [3.05, 3.63) is 137 Å². The van der Waals surface area contributed by atoms with Crippen molar-refractivity contribution >= 4 is 22.6 Å². The van der Waals surface area contributed by atoms with Gasteiger partial charge in [0.1, 0.15) is 0 Å². The van der Waals surface area contributed by atoms with E-state index in [1.807, 2.05) is 13.3 Å². The van der Waals surface area contributed by atoms with Crippen molar-refractivity contribution in [2.24, 2.45) is 10.9 Å². The van der Waals surface area contributed by atoms with Crippen LogP contribution >= 0.6 is 0 Å². The summed E-state index contributed by atoms with van der Waals surface area (Å²) in [6.45, 7) is 4.44. The predicted molar refractivity (Wildman–Crippen MR) is 174 cm³/mol. The first-order chi connectivity index (χ1) is 19.6. The van der Waals surface area contributed by atoms with Gasteiger partial charge in [-0.05, 0) is 88.8 Å². The van der Waals surface area contributed by atoms with E-state index in [-0.39, 0.29) is 5.41 Å². The van der Waals surface area contributed by atoms with Gasteiger partial charge in [-0.1, -0.05) is 129 Å². The maximum absolute atomic E-state index is 4.06. The zero-order valence-corrected chi connectivity index (χ0v) is 24.4. The molecule has 1 aliphatic carbocycles. The van der Waals surface area contributed by atoms with Crippen molar-refractivity contribution in [2.75, 3.05) is 7.05 Å². The van der Waals surface area contributed by atoms with Crippen molar-refractivity contribution in [3.8, 4) is 0 Å². The number of allylic oxidation sites excluding steroid dienone is 4. The molecular formula is C39H43N. The van der Waals surface area contributed by atoms with Crippen LogP contribution in [0, 0.1) is 5.92 Å². The lowest BCUT2D eigenvalue weighted by Crippen LogP contribution is -2.30.